The molecule has 2 rings (SSSR count). The minimum atomic E-state index is -3.60. The van der Waals surface area contributed by atoms with Gasteiger partial charge in [-0.05, 0) is 37.6 Å². The second-order valence-electron chi connectivity index (χ2n) is 3.95. The lowest BCUT2D eigenvalue weighted by atomic mass is 10.2. The maximum absolute atomic E-state index is 12.1. The molecule has 0 radical (unpaired) electrons. The largest absolute Gasteiger partial charge is 0.494 e. The number of aryl methyl sites for hydroxylation is 1. The molecule has 0 unspecified atom stereocenters. The molecule has 0 saturated carbocycles. The zero-order chi connectivity index (χ0) is 13.9. The molecule has 0 aliphatic rings. The molecule has 2 aromatic rings. The van der Waals surface area contributed by atoms with E-state index in [1.807, 2.05) is 13.8 Å². The fourth-order valence-electron chi connectivity index (χ4n) is 1.63. The summed E-state index contributed by atoms with van der Waals surface area (Å²) < 4.78 is 32.1. The van der Waals surface area contributed by atoms with Crippen LogP contribution in [0.15, 0.2) is 35.5 Å². The molecule has 19 heavy (non-hydrogen) atoms. The Balaban J connectivity index is 2.28. The van der Waals surface area contributed by atoms with E-state index in [4.69, 9.17) is 4.74 Å². The van der Waals surface area contributed by atoms with Gasteiger partial charge in [-0.3, -0.25) is 9.82 Å². The minimum absolute atomic E-state index is 0.189. The molecule has 1 aromatic heterocycles. The lowest BCUT2D eigenvalue weighted by molar-refractivity contribution is 0.337. The van der Waals surface area contributed by atoms with Crippen LogP contribution in [0.25, 0.3) is 0 Å². The highest BCUT2D eigenvalue weighted by molar-refractivity contribution is 7.92. The first-order valence-electron chi connectivity index (χ1n) is 5.78. The summed E-state index contributed by atoms with van der Waals surface area (Å²) in [4.78, 5) is 0.189. The first kappa shape index (κ1) is 13.4. The molecule has 0 aliphatic carbocycles. The van der Waals surface area contributed by atoms with Crippen molar-refractivity contribution >= 4 is 15.7 Å². The highest BCUT2D eigenvalue weighted by Crippen LogP contribution is 2.23. The molecule has 0 saturated heterocycles. The van der Waals surface area contributed by atoms with Gasteiger partial charge in [0, 0.05) is 6.20 Å². The van der Waals surface area contributed by atoms with Gasteiger partial charge in [-0.2, -0.15) is 5.10 Å². The first-order valence-corrected chi connectivity index (χ1v) is 7.26. The first-order chi connectivity index (χ1) is 9.03. The van der Waals surface area contributed by atoms with Gasteiger partial charge in [0.1, 0.15) is 5.75 Å². The number of hydrogen-bond acceptors (Lipinski definition) is 4. The lowest BCUT2D eigenvalue weighted by Gasteiger charge is -2.10. The molecule has 0 fully saturated rings. The molecule has 6 nitrogen and oxygen atoms in total. The third-order valence-corrected chi connectivity index (χ3v) is 3.89. The quantitative estimate of drug-likeness (QED) is 0.877. The van der Waals surface area contributed by atoms with E-state index in [1.165, 1.54) is 18.5 Å². The number of benzene rings is 1. The molecule has 0 amide bonds. The summed E-state index contributed by atoms with van der Waals surface area (Å²) in [5, 5.41) is 6.23. The van der Waals surface area contributed by atoms with Crippen molar-refractivity contribution in [2.24, 2.45) is 0 Å². The van der Waals surface area contributed by atoms with Crippen molar-refractivity contribution in [1.82, 2.24) is 10.2 Å². The average Bonchev–Trinajstić information content (AvgIpc) is 2.84. The average molecular weight is 281 g/mol. The zero-order valence-corrected chi connectivity index (χ0v) is 11.5. The van der Waals surface area contributed by atoms with E-state index in [0.717, 1.165) is 5.56 Å². The van der Waals surface area contributed by atoms with Crippen molar-refractivity contribution in [2.45, 2.75) is 18.7 Å². The highest BCUT2D eigenvalue weighted by Gasteiger charge is 2.16. The number of aromatic amines is 1. The third-order valence-electron chi connectivity index (χ3n) is 2.51. The molecule has 2 N–H and O–H groups in total. The number of H-pyrrole nitrogens is 1. The number of sulfonamides is 1. The summed E-state index contributed by atoms with van der Waals surface area (Å²) in [5.41, 5.74) is 1.17. The van der Waals surface area contributed by atoms with Crippen LogP contribution in [-0.4, -0.2) is 25.2 Å². The van der Waals surface area contributed by atoms with Gasteiger partial charge in [0.25, 0.3) is 10.0 Å². The van der Waals surface area contributed by atoms with E-state index in [0.29, 0.717) is 18.0 Å². The lowest BCUT2D eigenvalue weighted by Crippen LogP contribution is -2.12. The van der Waals surface area contributed by atoms with E-state index in [2.05, 4.69) is 14.9 Å². The summed E-state index contributed by atoms with van der Waals surface area (Å²) in [5.74, 6) is 0.685. The zero-order valence-electron chi connectivity index (χ0n) is 10.7. The van der Waals surface area contributed by atoms with Gasteiger partial charge in [-0.25, -0.2) is 8.42 Å². The van der Waals surface area contributed by atoms with E-state index in [9.17, 15) is 8.42 Å². The molecule has 0 atom stereocenters. The Hall–Kier alpha value is -2.02. The Morgan fingerprint density at radius 1 is 1.42 bits per heavy atom. The number of nitrogens with one attached hydrogen (secondary N) is 2. The Kier molecular flexibility index (Phi) is 3.75. The highest BCUT2D eigenvalue weighted by atomic mass is 32.2. The van der Waals surface area contributed by atoms with Crippen molar-refractivity contribution in [3.05, 3.63) is 36.2 Å². The maximum Gasteiger partial charge on any atom is 0.262 e. The standard InChI is InChI=1S/C12H15N3O3S/c1-3-18-12-5-4-11(6-9(12)2)19(16,17)15-10-7-13-14-8-10/h4-8,15H,3H2,1-2H3,(H,13,14). The van der Waals surface area contributed by atoms with Crippen LogP contribution in [0.3, 0.4) is 0 Å². The Morgan fingerprint density at radius 3 is 2.79 bits per heavy atom. The normalized spacial score (nSPS) is 11.3. The number of rotatable bonds is 5. The number of ether oxygens (including phenoxy) is 1. The fraction of sp³-hybridized carbons (Fsp3) is 0.250. The fourth-order valence-corrected chi connectivity index (χ4v) is 2.75. The molecular weight excluding hydrogens is 266 g/mol. The topological polar surface area (TPSA) is 84.1 Å². The van der Waals surface area contributed by atoms with E-state index in [-0.39, 0.29) is 4.90 Å². The van der Waals surface area contributed by atoms with Crippen LogP contribution in [0.4, 0.5) is 5.69 Å². The molecular formula is C12H15N3O3S. The molecule has 102 valence electrons. The molecule has 1 heterocycles. The van der Waals surface area contributed by atoms with Crippen LogP contribution < -0.4 is 9.46 Å². The van der Waals surface area contributed by atoms with Crippen LogP contribution in [-0.2, 0) is 10.0 Å². The smallest absolute Gasteiger partial charge is 0.262 e. The SMILES string of the molecule is CCOc1ccc(S(=O)(=O)Nc2cn[nH]c2)cc1C. The Morgan fingerprint density at radius 2 is 2.21 bits per heavy atom. The van der Waals surface area contributed by atoms with E-state index < -0.39 is 10.0 Å². The van der Waals surface area contributed by atoms with Crippen molar-refractivity contribution in [3.63, 3.8) is 0 Å². The van der Waals surface area contributed by atoms with Crippen LogP contribution in [0.2, 0.25) is 0 Å². The van der Waals surface area contributed by atoms with Crippen molar-refractivity contribution < 1.29 is 13.2 Å². The summed E-state index contributed by atoms with van der Waals surface area (Å²) in [6.45, 7) is 4.23. The van der Waals surface area contributed by atoms with Gasteiger partial charge in [-0.1, -0.05) is 0 Å². The van der Waals surface area contributed by atoms with Crippen LogP contribution in [0.5, 0.6) is 5.75 Å². The van der Waals surface area contributed by atoms with Crippen molar-refractivity contribution in [1.29, 1.82) is 0 Å². The second-order valence-corrected chi connectivity index (χ2v) is 5.64. The van der Waals surface area contributed by atoms with Gasteiger partial charge in [0.15, 0.2) is 0 Å². The molecule has 0 spiro atoms. The molecule has 1 aromatic carbocycles. The summed E-state index contributed by atoms with van der Waals surface area (Å²) in [6, 6.07) is 4.75. The monoisotopic (exact) mass is 281 g/mol. The molecule has 7 heteroatoms. The van der Waals surface area contributed by atoms with Crippen molar-refractivity contribution in [2.75, 3.05) is 11.3 Å². The predicted molar refractivity (Wildman–Crippen MR) is 71.7 cm³/mol. The predicted octanol–water partition coefficient (Wildman–Crippen LogP) is 1.92. The summed E-state index contributed by atoms with van der Waals surface area (Å²) in [6.07, 6.45) is 2.87. The van der Waals surface area contributed by atoms with E-state index in [1.54, 1.807) is 12.1 Å². The number of aromatic nitrogens is 2. The number of nitrogens with zero attached hydrogens (tertiary/aromatic N) is 1. The maximum atomic E-state index is 12.1. The van der Waals surface area contributed by atoms with Crippen molar-refractivity contribution in [3.8, 4) is 5.75 Å². The Labute approximate surface area is 111 Å². The van der Waals surface area contributed by atoms with Crippen LogP contribution in [0.1, 0.15) is 12.5 Å². The Bertz CT molecular complexity index is 651. The van der Waals surface area contributed by atoms with Gasteiger partial charge in [-0.15, -0.1) is 0 Å². The third kappa shape index (κ3) is 3.05. The minimum Gasteiger partial charge on any atom is -0.494 e. The molecule has 0 aliphatic heterocycles. The van der Waals surface area contributed by atoms with Crippen LogP contribution in [0, 0.1) is 6.92 Å². The van der Waals surface area contributed by atoms with Gasteiger partial charge >= 0.3 is 0 Å². The summed E-state index contributed by atoms with van der Waals surface area (Å²) >= 11 is 0. The van der Waals surface area contributed by atoms with Gasteiger partial charge < -0.3 is 4.74 Å². The number of anilines is 1. The summed E-state index contributed by atoms with van der Waals surface area (Å²) in [7, 11) is -3.60. The van der Waals surface area contributed by atoms with E-state index >= 15 is 0 Å². The van der Waals surface area contributed by atoms with Gasteiger partial charge in [0.05, 0.1) is 23.4 Å². The van der Waals surface area contributed by atoms with Gasteiger partial charge in [0.2, 0.25) is 0 Å². The number of hydrogen-bond donors (Lipinski definition) is 2. The molecule has 0 bridgehead atoms. The second kappa shape index (κ2) is 5.31. The van der Waals surface area contributed by atoms with Crippen LogP contribution >= 0.6 is 0 Å².